The van der Waals surface area contributed by atoms with E-state index in [-0.39, 0.29) is 29.6 Å². The predicted molar refractivity (Wildman–Crippen MR) is 50.2 cm³/mol. The van der Waals surface area contributed by atoms with Gasteiger partial charge in [0.2, 0.25) is 5.91 Å². The van der Waals surface area contributed by atoms with Gasteiger partial charge in [0.1, 0.15) is 5.82 Å². The molecule has 0 spiro atoms. The molecule has 1 N–H and O–H groups in total. The molecule has 0 saturated heterocycles. The minimum Gasteiger partial charge on any atom is -0.489 e. The van der Waals surface area contributed by atoms with Gasteiger partial charge in [0.15, 0.2) is 5.75 Å². The molecule has 1 aliphatic rings. The number of rotatable bonds is 0. The Hall–Kier alpha value is -1.29. The number of hydrogen-bond acceptors (Lipinski definition) is 2. The molecule has 0 aliphatic carbocycles. The van der Waals surface area contributed by atoms with Crippen LogP contribution in [0.4, 0.5) is 10.1 Å². The van der Waals surface area contributed by atoms with Crippen LogP contribution in [0.1, 0.15) is 6.42 Å². The summed E-state index contributed by atoms with van der Waals surface area (Å²) in [5.41, 5.74) is 0.289. The quantitative estimate of drug-likeness (QED) is 0.721. The summed E-state index contributed by atoms with van der Waals surface area (Å²) in [7, 11) is 0. The molecule has 74 valence electrons. The Labute approximate surface area is 84.8 Å². The second kappa shape index (κ2) is 3.46. The van der Waals surface area contributed by atoms with Gasteiger partial charge in [0, 0.05) is 6.07 Å². The Kier molecular flexibility index (Phi) is 2.29. The Balaban J connectivity index is 2.50. The second-order valence-electron chi connectivity index (χ2n) is 2.91. The van der Waals surface area contributed by atoms with Crippen molar-refractivity contribution in [1.82, 2.24) is 0 Å². The maximum Gasteiger partial charge on any atom is 0.227 e. The monoisotopic (exact) mass is 215 g/mol. The molecule has 1 aromatic carbocycles. The zero-order chi connectivity index (χ0) is 10.1. The van der Waals surface area contributed by atoms with Gasteiger partial charge in [-0.3, -0.25) is 4.79 Å². The zero-order valence-corrected chi connectivity index (χ0v) is 7.90. The summed E-state index contributed by atoms with van der Waals surface area (Å²) in [6, 6.07) is 2.34. The lowest BCUT2D eigenvalue weighted by Gasteiger charge is -2.08. The molecule has 0 fully saturated rings. The van der Waals surface area contributed by atoms with E-state index >= 15 is 0 Å². The van der Waals surface area contributed by atoms with Gasteiger partial charge in [0.25, 0.3) is 0 Å². The summed E-state index contributed by atoms with van der Waals surface area (Å²) in [4.78, 5) is 11.1. The molecule has 0 atom stereocenters. The maximum atomic E-state index is 12.9. The molecule has 0 aromatic heterocycles. The Bertz CT molecular complexity index is 395. The van der Waals surface area contributed by atoms with Crippen LogP contribution in [0.25, 0.3) is 0 Å². The third kappa shape index (κ3) is 1.65. The van der Waals surface area contributed by atoms with Crippen LogP contribution in [-0.4, -0.2) is 12.5 Å². The van der Waals surface area contributed by atoms with Crippen molar-refractivity contribution >= 4 is 23.2 Å². The van der Waals surface area contributed by atoms with E-state index in [1.807, 2.05) is 0 Å². The predicted octanol–water partition coefficient (Wildman–Crippen LogP) is 2.20. The molecule has 14 heavy (non-hydrogen) atoms. The average Bonchev–Trinajstić information content (AvgIpc) is 2.25. The van der Waals surface area contributed by atoms with Crippen LogP contribution in [0.5, 0.6) is 5.75 Å². The summed E-state index contributed by atoms with van der Waals surface area (Å²) < 4.78 is 18.1. The Morgan fingerprint density at radius 1 is 1.50 bits per heavy atom. The molecule has 1 aromatic rings. The van der Waals surface area contributed by atoms with Gasteiger partial charge in [-0.1, -0.05) is 11.6 Å². The SMILES string of the molecule is O=C1CCOc2c(Cl)cc(F)cc2N1. The summed E-state index contributed by atoms with van der Waals surface area (Å²) >= 11 is 5.75. The van der Waals surface area contributed by atoms with E-state index < -0.39 is 5.82 Å². The first-order valence-electron chi connectivity index (χ1n) is 4.08. The van der Waals surface area contributed by atoms with Crippen molar-refractivity contribution in [3.8, 4) is 5.75 Å². The summed E-state index contributed by atoms with van der Waals surface area (Å²) in [5, 5.41) is 2.68. The number of hydrogen-bond donors (Lipinski definition) is 1. The van der Waals surface area contributed by atoms with E-state index in [0.29, 0.717) is 5.75 Å². The summed E-state index contributed by atoms with van der Waals surface area (Å²) in [5.74, 6) is -0.371. The van der Waals surface area contributed by atoms with Crippen LogP contribution < -0.4 is 10.1 Å². The number of ether oxygens (including phenoxy) is 1. The van der Waals surface area contributed by atoms with Gasteiger partial charge >= 0.3 is 0 Å². The molecule has 5 heteroatoms. The van der Waals surface area contributed by atoms with Crippen molar-refractivity contribution in [3.63, 3.8) is 0 Å². The molecular weight excluding hydrogens is 209 g/mol. The molecule has 3 nitrogen and oxygen atoms in total. The number of halogens is 2. The second-order valence-corrected chi connectivity index (χ2v) is 3.32. The molecule has 1 amide bonds. The lowest BCUT2D eigenvalue weighted by Crippen LogP contribution is -2.10. The first kappa shape index (κ1) is 9.27. The summed E-state index contributed by atoms with van der Waals surface area (Å²) in [6.07, 6.45) is 0.243. The van der Waals surface area contributed by atoms with Crippen LogP contribution in [-0.2, 0) is 4.79 Å². The van der Waals surface area contributed by atoms with Gasteiger partial charge in [-0.2, -0.15) is 0 Å². The van der Waals surface area contributed by atoms with Gasteiger partial charge in [-0.15, -0.1) is 0 Å². The van der Waals surface area contributed by atoms with Crippen LogP contribution in [0.2, 0.25) is 5.02 Å². The molecular formula is C9H7ClFNO2. The van der Waals surface area contributed by atoms with Crippen molar-refractivity contribution in [1.29, 1.82) is 0 Å². The number of benzene rings is 1. The first-order valence-corrected chi connectivity index (χ1v) is 4.46. The van der Waals surface area contributed by atoms with Crippen LogP contribution in [0.15, 0.2) is 12.1 Å². The third-order valence-electron chi connectivity index (χ3n) is 1.86. The first-order chi connectivity index (χ1) is 6.66. The van der Waals surface area contributed by atoms with E-state index in [9.17, 15) is 9.18 Å². The van der Waals surface area contributed by atoms with Gasteiger partial charge in [-0.25, -0.2) is 4.39 Å². The van der Waals surface area contributed by atoms with Gasteiger partial charge in [-0.05, 0) is 6.07 Å². The Morgan fingerprint density at radius 2 is 2.29 bits per heavy atom. The minimum atomic E-state index is -0.500. The standard InChI is InChI=1S/C9H7ClFNO2/c10-6-3-5(11)4-7-9(6)14-2-1-8(13)12-7/h3-4H,1-2H2,(H,12,13). The van der Waals surface area contributed by atoms with E-state index in [4.69, 9.17) is 16.3 Å². The number of amides is 1. The Morgan fingerprint density at radius 3 is 3.07 bits per heavy atom. The molecule has 1 aliphatic heterocycles. The van der Waals surface area contributed by atoms with Gasteiger partial charge < -0.3 is 10.1 Å². The molecule has 2 rings (SSSR count). The van der Waals surface area contributed by atoms with Crippen LogP contribution >= 0.6 is 11.6 Å². The zero-order valence-electron chi connectivity index (χ0n) is 7.14. The minimum absolute atomic E-state index is 0.169. The largest absolute Gasteiger partial charge is 0.489 e. The van der Waals surface area contributed by atoms with Crippen LogP contribution in [0, 0.1) is 5.82 Å². The number of nitrogens with one attached hydrogen (secondary N) is 1. The fraction of sp³-hybridized carbons (Fsp3) is 0.222. The fourth-order valence-corrected chi connectivity index (χ4v) is 1.52. The molecule has 0 radical (unpaired) electrons. The molecule has 0 bridgehead atoms. The fourth-order valence-electron chi connectivity index (χ4n) is 1.26. The molecule has 0 unspecified atom stereocenters. The van der Waals surface area contributed by atoms with E-state index in [1.54, 1.807) is 0 Å². The van der Waals surface area contributed by atoms with Crippen molar-refractivity contribution in [2.24, 2.45) is 0 Å². The highest BCUT2D eigenvalue weighted by atomic mass is 35.5. The summed E-state index contributed by atoms with van der Waals surface area (Å²) in [6.45, 7) is 0.254. The molecule has 1 heterocycles. The smallest absolute Gasteiger partial charge is 0.227 e. The van der Waals surface area contributed by atoms with E-state index in [2.05, 4.69) is 5.32 Å². The van der Waals surface area contributed by atoms with Crippen molar-refractivity contribution in [3.05, 3.63) is 23.0 Å². The number of carbonyl (C=O) groups excluding carboxylic acids is 1. The lowest BCUT2D eigenvalue weighted by molar-refractivity contribution is -0.116. The van der Waals surface area contributed by atoms with Crippen molar-refractivity contribution in [2.45, 2.75) is 6.42 Å². The van der Waals surface area contributed by atoms with Crippen LogP contribution in [0.3, 0.4) is 0 Å². The van der Waals surface area contributed by atoms with Gasteiger partial charge in [0.05, 0.1) is 23.7 Å². The number of carbonyl (C=O) groups is 1. The van der Waals surface area contributed by atoms with E-state index in [0.717, 1.165) is 6.07 Å². The number of anilines is 1. The highest BCUT2D eigenvalue weighted by molar-refractivity contribution is 6.32. The lowest BCUT2D eigenvalue weighted by atomic mass is 10.3. The highest BCUT2D eigenvalue weighted by Gasteiger charge is 2.17. The number of fused-ring (bicyclic) bond motifs is 1. The topological polar surface area (TPSA) is 38.3 Å². The van der Waals surface area contributed by atoms with E-state index in [1.165, 1.54) is 6.07 Å². The van der Waals surface area contributed by atoms with Crippen molar-refractivity contribution in [2.75, 3.05) is 11.9 Å². The third-order valence-corrected chi connectivity index (χ3v) is 2.14. The normalized spacial score (nSPS) is 15.1. The maximum absolute atomic E-state index is 12.9. The highest BCUT2D eigenvalue weighted by Crippen LogP contribution is 2.35. The average molecular weight is 216 g/mol. The molecule has 0 saturated carbocycles. The van der Waals surface area contributed by atoms with Crippen molar-refractivity contribution < 1.29 is 13.9 Å².